The van der Waals surface area contributed by atoms with Crippen LogP contribution in [-0.2, 0) is 40.6 Å². The number of aromatic nitrogens is 6. The van der Waals surface area contributed by atoms with Crippen molar-refractivity contribution in [3.8, 4) is 24.7 Å². The third-order valence-corrected chi connectivity index (χ3v) is 8.24. The zero-order valence-corrected chi connectivity index (χ0v) is 33.1. The highest BCUT2D eigenvalue weighted by Gasteiger charge is 2.20. The molecule has 0 spiro atoms. The van der Waals surface area contributed by atoms with Crippen molar-refractivity contribution in [1.29, 1.82) is 0 Å². The standard InChI is InChI=1S/C13H21N5O2.C9H15NO.C9H17N.C7H13N5.CH4/c1-3-12(19)16-5-6-17(13(20)4-2)9-11-10-18(8-7-16)15-14-11;1-4-7-10(8-5-2)9(11)6-3;1-3-5-6-7-9-10-8-4-2;1-2-9-5-7-6-12(11-10-7)4-3-8-1;/h10H,3-9H2,1-2H3;1H,5-8H2,2-3H3;2,10H,3,5-9H2,1H3;6,8-9H,1-5H2;1H4. The Morgan fingerprint density at radius 3 is 2.04 bits per heavy atom. The minimum Gasteiger partial charge on any atom is -0.339 e. The lowest BCUT2D eigenvalue weighted by Gasteiger charge is -2.28. The van der Waals surface area contributed by atoms with Gasteiger partial charge < -0.3 is 30.7 Å². The van der Waals surface area contributed by atoms with E-state index in [0.717, 1.165) is 63.6 Å². The van der Waals surface area contributed by atoms with Crippen LogP contribution in [0, 0.1) is 24.7 Å². The van der Waals surface area contributed by atoms with Crippen LogP contribution in [0.3, 0.4) is 0 Å². The molecule has 0 atom stereocenters. The molecule has 0 saturated heterocycles. The fourth-order valence-corrected chi connectivity index (χ4v) is 5.25. The van der Waals surface area contributed by atoms with E-state index in [4.69, 9.17) is 12.8 Å². The lowest BCUT2D eigenvalue weighted by molar-refractivity contribution is -0.135. The maximum absolute atomic E-state index is 12.0. The first kappa shape index (κ1) is 49.7. The van der Waals surface area contributed by atoms with E-state index in [1.807, 2.05) is 44.8 Å². The molecule has 0 radical (unpaired) electrons. The average molecular weight is 755 g/mol. The van der Waals surface area contributed by atoms with Gasteiger partial charge in [-0.3, -0.25) is 23.7 Å². The molecule has 2 aromatic rings. The SMILES string of the molecule is C.C#CCN(CCC)C(=O)CC.C#CCNCCCCCC.CCC(=O)N1CCN(C(=O)CC)Cc2cn(nn2)CC1.c1c2nnn1CCNCCNC2. The summed E-state index contributed by atoms with van der Waals surface area (Å²) in [5, 5.41) is 25.8. The number of carbonyl (C=O) groups excluding carboxylic acids is 3. The molecule has 4 rings (SSSR count). The van der Waals surface area contributed by atoms with Crippen LogP contribution in [0.25, 0.3) is 0 Å². The van der Waals surface area contributed by atoms with Crippen molar-refractivity contribution < 1.29 is 14.4 Å². The van der Waals surface area contributed by atoms with Gasteiger partial charge in [0, 0.05) is 77.8 Å². The number of hydrogen-bond donors (Lipinski definition) is 3. The lowest BCUT2D eigenvalue weighted by Crippen LogP contribution is -2.42. The van der Waals surface area contributed by atoms with Gasteiger partial charge >= 0.3 is 0 Å². The van der Waals surface area contributed by atoms with Crippen molar-refractivity contribution in [1.82, 2.24) is 60.6 Å². The highest BCUT2D eigenvalue weighted by atomic mass is 16.2. The fourth-order valence-electron chi connectivity index (χ4n) is 5.25. The molecule has 0 fully saturated rings. The minimum absolute atomic E-state index is 0. The van der Waals surface area contributed by atoms with E-state index in [0.29, 0.717) is 65.1 Å². The summed E-state index contributed by atoms with van der Waals surface area (Å²) in [6.07, 6.45) is 21.7. The second-order valence-corrected chi connectivity index (χ2v) is 12.6. The van der Waals surface area contributed by atoms with Crippen LogP contribution in [-0.4, -0.2) is 128 Å². The predicted octanol–water partition coefficient (Wildman–Crippen LogP) is 2.93. The van der Waals surface area contributed by atoms with Gasteiger partial charge in [-0.2, -0.15) is 0 Å². The van der Waals surface area contributed by atoms with E-state index in [-0.39, 0.29) is 25.1 Å². The van der Waals surface area contributed by atoms with Crippen molar-refractivity contribution in [3.63, 3.8) is 0 Å². The number of unbranched alkanes of at least 4 members (excludes halogenated alkanes) is 3. The van der Waals surface area contributed by atoms with Gasteiger partial charge in [-0.25, -0.2) is 0 Å². The van der Waals surface area contributed by atoms with Crippen LogP contribution in [0.4, 0.5) is 0 Å². The van der Waals surface area contributed by atoms with Crippen molar-refractivity contribution in [2.45, 2.75) is 120 Å². The van der Waals surface area contributed by atoms with Crippen LogP contribution >= 0.6 is 0 Å². The highest BCUT2D eigenvalue weighted by molar-refractivity contribution is 5.77. The Bertz CT molecular complexity index is 1340. The molecule has 2 aromatic heterocycles. The molecule has 4 bridgehead atoms. The van der Waals surface area contributed by atoms with Gasteiger partial charge in [0.25, 0.3) is 0 Å². The Morgan fingerprint density at radius 1 is 0.759 bits per heavy atom. The van der Waals surface area contributed by atoms with Gasteiger partial charge in [0.15, 0.2) is 0 Å². The van der Waals surface area contributed by atoms with Gasteiger partial charge in [-0.1, -0.05) is 83.6 Å². The molecule has 2 aliphatic heterocycles. The Balaban J connectivity index is 0.000000723. The van der Waals surface area contributed by atoms with E-state index < -0.39 is 0 Å². The van der Waals surface area contributed by atoms with Gasteiger partial charge in [-0.05, 0) is 19.4 Å². The number of nitrogens with zero attached hydrogens (tertiary/aromatic N) is 9. The second-order valence-electron chi connectivity index (χ2n) is 12.6. The van der Waals surface area contributed by atoms with Crippen molar-refractivity contribution >= 4 is 17.7 Å². The number of hydrogen-bond acceptors (Lipinski definition) is 10. The Labute approximate surface area is 325 Å². The molecular weight excluding hydrogens is 685 g/mol. The monoisotopic (exact) mass is 755 g/mol. The Kier molecular flexibility index (Phi) is 29.6. The molecular formula is C39H70N12O3. The van der Waals surface area contributed by atoms with E-state index >= 15 is 0 Å². The van der Waals surface area contributed by atoms with Crippen LogP contribution in [0.15, 0.2) is 12.4 Å². The number of terminal acetylenes is 2. The lowest BCUT2D eigenvalue weighted by atomic mass is 10.2. The molecule has 54 heavy (non-hydrogen) atoms. The Morgan fingerprint density at radius 2 is 1.39 bits per heavy atom. The molecule has 304 valence electrons. The summed E-state index contributed by atoms with van der Waals surface area (Å²) in [7, 11) is 0. The Hall–Kier alpha value is -4.31. The molecule has 3 N–H and O–H groups in total. The summed E-state index contributed by atoms with van der Waals surface area (Å²) >= 11 is 0. The van der Waals surface area contributed by atoms with Crippen molar-refractivity contribution in [2.24, 2.45) is 0 Å². The second kappa shape index (κ2) is 32.1. The topological polar surface area (TPSA) is 158 Å². The smallest absolute Gasteiger partial charge is 0.223 e. The first-order valence-electron chi connectivity index (χ1n) is 19.4. The molecule has 0 aliphatic carbocycles. The molecule has 3 amide bonds. The summed E-state index contributed by atoms with van der Waals surface area (Å²) in [5.41, 5.74) is 1.82. The summed E-state index contributed by atoms with van der Waals surface area (Å²) in [6, 6.07) is 0. The largest absolute Gasteiger partial charge is 0.339 e. The van der Waals surface area contributed by atoms with Crippen molar-refractivity contribution in [3.05, 3.63) is 23.8 Å². The molecule has 0 unspecified atom stereocenters. The van der Waals surface area contributed by atoms with E-state index in [1.54, 1.807) is 19.4 Å². The predicted molar refractivity (Wildman–Crippen MR) is 216 cm³/mol. The molecule has 15 nitrogen and oxygen atoms in total. The van der Waals surface area contributed by atoms with E-state index in [2.05, 4.69) is 55.3 Å². The first-order chi connectivity index (χ1) is 25.8. The number of nitrogens with one attached hydrogen (secondary N) is 3. The number of fused-ring (bicyclic) bond motifs is 4. The minimum atomic E-state index is 0. The maximum Gasteiger partial charge on any atom is 0.223 e. The van der Waals surface area contributed by atoms with Gasteiger partial charge in [-0.15, -0.1) is 23.0 Å². The summed E-state index contributed by atoms with van der Waals surface area (Å²) < 4.78 is 3.60. The summed E-state index contributed by atoms with van der Waals surface area (Å²) in [5.74, 6) is 5.34. The van der Waals surface area contributed by atoms with Crippen LogP contribution in [0.2, 0.25) is 0 Å². The molecule has 0 saturated carbocycles. The summed E-state index contributed by atoms with van der Waals surface area (Å²) in [6.45, 7) is 20.3. The van der Waals surface area contributed by atoms with E-state index in [9.17, 15) is 14.4 Å². The van der Waals surface area contributed by atoms with Crippen molar-refractivity contribution in [2.75, 3.05) is 65.4 Å². The number of carbonyl (C=O) groups is 3. The van der Waals surface area contributed by atoms with Crippen LogP contribution in [0.1, 0.15) is 105 Å². The molecule has 4 heterocycles. The quantitative estimate of drug-likeness (QED) is 0.218. The number of rotatable bonds is 12. The molecule has 2 aliphatic rings. The number of amides is 3. The molecule has 15 heteroatoms. The maximum atomic E-state index is 12.0. The van der Waals surface area contributed by atoms with Crippen LogP contribution < -0.4 is 16.0 Å². The fraction of sp³-hybridized carbons (Fsp3) is 0.718. The van der Waals surface area contributed by atoms with Gasteiger partial charge in [0.1, 0.15) is 5.69 Å². The third kappa shape index (κ3) is 22.0. The average Bonchev–Trinajstić information content (AvgIpc) is 3.83. The van der Waals surface area contributed by atoms with Gasteiger partial charge in [0.2, 0.25) is 17.7 Å². The zero-order chi connectivity index (χ0) is 39.1. The first-order valence-corrected chi connectivity index (χ1v) is 19.4. The normalized spacial score (nSPS) is 13.7. The zero-order valence-electron chi connectivity index (χ0n) is 33.1. The van der Waals surface area contributed by atoms with Crippen LogP contribution in [0.5, 0.6) is 0 Å². The molecule has 0 aromatic carbocycles. The highest BCUT2D eigenvalue weighted by Crippen LogP contribution is 2.07. The van der Waals surface area contributed by atoms with Gasteiger partial charge in [0.05, 0.1) is 44.6 Å². The summed E-state index contributed by atoms with van der Waals surface area (Å²) in [4.78, 5) is 40.2. The third-order valence-electron chi connectivity index (χ3n) is 8.24. The van der Waals surface area contributed by atoms with E-state index in [1.165, 1.54) is 25.7 Å².